The molecular weight excluding hydrogens is 226 g/mol. The lowest BCUT2D eigenvalue weighted by atomic mass is 9.78. The molecule has 96 valence electrons. The first-order valence-electron chi connectivity index (χ1n) is 6.66. The van der Waals surface area contributed by atoms with E-state index in [-0.39, 0.29) is 0 Å². The Morgan fingerprint density at radius 1 is 1.22 bits per heavy atom. The average Bonchev–Trinajstić information content (AvgIpc) is 2.84. The van der Waals surface area contributed by atoms with E-state index in [0.29, 0.717) is 12.0 Å². The lowest BCUT2D eigenvalue weighted by Crippen LogP contribution is -2.35. The Kier molecular flexibility index (Phi) is 2.89. The maximum Gasteiger partial charge on any atom is 0.182 e. The average molecular weight is 245 g/mol. The molecule has 0 aromatic carbocycles. The van der Waals surface area contributed by atoms with E-state index in [9.17, 15) is 0 Å². The Balaban J connectivity index is 1.85. The van der Waals surface area contributed by atoms with Gasteiger partial charge in [0.05, 0.1) is 6.33 Å². The fraction of sp³-hybridized carbons (Fsp3) is 0.615. The number of aromatic amines is 1. The Morgan fingerprint density at radius 3 is 3.00 bits per heavy atom. The molecule has 1 aliphatic carbocycles. The zero-order chi connectivity index (χ0) is 12.5. The summed E-state index contributed by atoms with van der Waals surface area (Å²) in [5.74, 6) is 2.32. The summed E-state index contributed by atoms with van der Waals surface area (Å²) in [6.07, 6.45) is 7.08. The number of rotatable bonds is 2. The van der Waals surface area contributed by atoms with Crippen LogP contribution < -0.4 is 5.32 Å². The number of nitrogens with zero attached hydrogens (tertiary/aromatic N) is 3. The number of anilines is 1. The minimum Gasteiger partial charge on any atom is -0.365 e. The number of hydrogen-bond donors (Lipinski definition) is 2. The highest BCUT2D eigenvalue weighted by Gasteiger charge is 2.27. The topological polar surface area (TPSA) is 66.5 Å². The molecule has 18 heavy (non-hydrogen) atoms. The minimum absolute atomic E-state index is 0.496. The van der Waals surface area contributed by atoms with Gasteiger partial charge in [-0.2, -0.15) is 0 Å². The van der Waals surface area contributed by atoms with Gasteiger partial charge in [-0.25, -0.2) is 15.0 Å². The molecule has 0 spiro atoms. The van der Waals surface area contributed by atoms with Crippen molar-refractivity contribution in [3.8, 4) is 0 Å². The van der Waals surface area contributed by atoms with Crippen LogP contribution in [0.3, 0.4) is 0 Å². The zero-order valence-corrected chi connectivity index (χ0v) is 10.8. The van der Waals surface area contributed by atoms with E-state index in [1.54, 1.807) is 12.7 Å². The standard InChI is InChI=1S/C13H19N5/c1-8-4-3-5-10(9(8)2)18-13-11-12(15-6-14-11)16-7-17-13/h6-10H,3-5H2,1-2H3,(H2,14,15,16,17,18). The number of hydrogen-bond acceptors (Lipinski definition) is 4. The lowest BCUT2D eigenvalue weighted by molar-refractivity contribution is 0.253. The third-order valence-electron chi connectivity index (χ3n) is 4.25. The molecule has 3 rings (SSSR count). The Hall–Kier alpha value is -1.65. The van der Waals surface area contributed by atoms with Crippen molar-refractivity contribution in [1.29, 1.82) is 0 Å². The molecule has 1 saturated carbocycles. The van der Waals surface area contributed by atoms with Crippen LogP contribution in [0.5, 0.6) is 0 Å². The number of aromatic nitrogens is 4. The normalized spacial score (nSPS) is 28.4. The van der Waals surface area contributed by atoms with Gasteiger partial charge in [0.1, 0.15) is 11.8 Å². The van der Waals surface area contributed by atoms with Crippen LogP contribution in [0.4, 0.5) is 5.82 Å². The van der Waals surface area contributed by atoms with Gasteiger partial charge in [-0.15, -0.1) is 0 Å². The number of imidazole rings is 1. The van der Waals surface area contributed by atoms with Gasteiger partial charge in [0.15, 0.2) is 11.5 Å². The first-order valence-corrected chi connectivity index (χ1v) is 6.66. The molecule has 1 fully saturated rings. The van der Waals surface area contributed by atoms with Gasteiger partial charge in [-0.1, -0.05) is 26.7 Å². The van der Waals surface area contributed by atoms with E-state index in [2.05, 4.69) is 39.1 Å². The predicted octanol–water partition coefficient (Wildman–Crippen LogP) is 2.59. The summed E-state index contributed by atoms with van der Waals surface area (Å²) >= 11 is 0. The third kappa shape index (κ3) is 1.94. The second kappa shape index (κ2) is 4.55. The Bertz CT molecular complexity index is 535. The molecule has 5 nitrogen and oxygen atoms in total. The summed E-state index contributed by atoms with van der Waals surface area (Å²) in [7, 11) is 0. The summed E-state index contributed by atoms with van der Waals surface area (Å²) in [6.45, 7) is 4.66. The van der Waals surface area contributed by atoms with Gasteiger partial charge < -0.3 is 10.3 Å². The van der Waals surface area contributed by atoms with Crippen molar-refractivity contribution in [1.82, 2.24) is 19.9 Å². The van der Waals surface area contributed by atoms with Crippen LogP contribution in [0.25, 0.3) is 11.2 Å². The molecular formula is C13H19N5. The largest absolute Gasteiger partial charge is 0.365 e. The predicted molar refractivity (Wildman–Crippen MR) is 71.3 cm³/mol. The molecule has 3 unspecified atom stereocenters. The van der Waals surface area contributed by atoms with Gasteiger partial charge >= 0.3 is 0 Å². The molecule has 2 aromatic heterocycles. The van der Waals surface area contributed by atoms with Gasteiger partial charge in [-0.3, -0.25) is 0 Å². The van der Waals surface area contributed by atoms with Crippen molar-refractivity contribution in [3.63, 3.8) is 0 Å². The van der Waals surface area contributed by atoms with Crippen molar-refractivity contribution < 1.29 is 0 Å². The molecule has 3 atom stereocenters. The molecule has 2 heterocycles. The fourth-order valence-corrected chi connectivity index (χ4v) is 2.84. The molecule has 2 N–H and O–H groups in total. The van der Waals surface area contributed by atoms with E-state index in [0.717, 1.165) is 22.9 Å². The highest BCUT2D eigenvalue weighted by atomic mass is 15.1. The van der Waals surface area contributed by atoms with Crippen LogP contribution in [0.1, 0.15) is 33.1 Å². The maximum atomic E-state index is 4.34. The minimum atomic E-state index is 0.496. The highest BCUT2D eigenvalue weighted by Crippen LogP contribution is 2.31. The molecule has 0 saturated heterocycles. The quantitative estimate of drug-likeness (QED) is 0.853. The molecule has 0 aliphatic heterocycles. The van der Waals surface area contributed by atoms with E-state index in [1.165, 1.54) is 19.3 Å². The van der Waals surface area contributed by atoms with Gasteiger partial charge in [0, 0.05) is 6.04 Å². The number of H-pyrrole nitrogens is 1. The van der Waals surface area contributed by atoms with Crippen LogP contribution in [-0.4, -0.2) is 26.0 Å². The monoisotopic (exact) mass is 245 g/mol. The Labute approximate surface area is 106 Å². The molecule has 0 amide bonds. The first kappa shape index (κ1) is 11.4. The summed E-state index contributed by atoms with van der Waals surface area (Å²) in [6, 6.07) is 0.496. The number of nitrogens with one attached hydrogen (secondary N) is 2. The second-order valence-corrected chi connectivity index (χ2v) is 5.34. The number of fused-ring (bicyclic) bond motifs is 1. The van der Waals surface area contributed by atoms with E-state index in [1.807, 2.05) is 0 Å². The van der Waals surface area contributed by atoms with Gasteiger partial charge in [0.25, 0.3) is 0 Å². The maximum absolute atomic E-state index is 4.34. The van der Waals surface area contributed by atoms with Crippen LogP contribution >= 0.6 is 0 Å². The molecule has 0 bridgehead atoms. The fourth-order valence-electron chi connectivity index (χ4n) is 2.84. The third-order valence-corrected chi connectivity index (χ3v) is 4.25. The first-order chi connectivity index (χ1) is 8.75. The van der Waals surface area contributed by atoms with Crippen LogP contribution in [0, 0.1) is 11.8 Å². The second-order valence-electron chi connectivity index (χ2n) is 5.34. The smallest absolute Gasteiger partial charge is 0.182 e. The van der Waals surface area contributed by atoms with E-state index >= 15 is 0 Å². The summed E-state index contributed by atoms with van der Waals surface area (Å²) < 4.78 is 0. The summed E-state index contributed by atoms with van der Waals surface area (Å²) in [5.41, 5.74) is 1.63. The molecule has 5 heteroatoms. The Morgan fingerprint density at radius 2 is 2.11 bits per heavy atom. The van der Waals surface area contributed by atoms with E-state index in [4.69, 9.17) is 0 Å². The lowest BCUT2D eigenvalue weighted by Gasteiger charge is -2.34. The van der Waals surface area contributed by atoms with Crippen molar-refractivity contribution in [2.24, 2.45) is 11.8 Å². The molecule has 0 radical (unpaired) electrons. The van der Waals surface area contributed by atoms with Crippen LogP contribution in [0.2, 0.25) is 0 Å². The van der Waals surface area contributed by atoms with Gasteiger partial charge in [-0.05, 0) is 18.3 Å². The van der Waals surface area contributed by atoms with Crippen molar-refractivity contribution in [2.75, 3.05) is 5.32 Å². The van der Waals surface area contributed by atoms with Crippen molar-refractivity contribution in [3.05, 3.63) is 12.7 Å². The van der Waals surface area contributed by atoms with Crippen LogP contribution in [-0.2, 0) is 0 Å². The zero-order valence-electron chi connectivity index (χ0n) is 10.8. The van der Waals surface area contributed by atoms with E-state index < -0.39 is 0 Å². The molecule has 1 aliphatic rings. The summed E-state index contributed by atoms with van der Waals surface area (Å²) in [5, 5.41) is 3.57. The van der Waals surface area contributed by atoms with Crippen molar-refractivity contribution in [2.45, 2.75) is 39.2 Å². The van der Waals surface area contributed by atoms with Crippen LogP contribution in [0.15, 0.2) is 12.7 Å². The van der Waals surface area contributed by atoms with Gasteiger partial charge in [0.2, 0.25) is 0 Å². The van der Waals surface area contributed by atoms with Crippen molar-refractivity contribution >= 4 is 17.0 Å². The molecule has 2 aromatic rings. The summed E-state index contributed by atoms with van der Waals surface area (Å²) in [4.78, 5) is 15.7. The highest BCUT2D eigenvalue weighted by molar-refractivity contribution is 5.82. The SMILES string of the molecule is CC1CCCC(Nc2ncnc3nc[nH]c23)C1C.